The molecule has 0 aromatic heterocycles. The number of nitrogens with zero attached hydrogens (tertiary/aromatic N) is 1. The molecule has 1 aromatic rings. The molecule has 0 amide bonds. The van der Waals surface area contributed by atoms with Crippen LogP contribution in [0.2, 0.25) is 0 Å². The second-order valence-electron chi connectivity index (χ2n) is 3.89. The van der Waals surface area contributed by atoms with Crippen LogP contribution in [0.4, 0.5) is 5.69 Å². The predicted octanol–water partition coefficient (Wildman–Crippen LogP) is 2.79. The minimum atomic E-state index is -0.897. The van der Waals surface area contributed by atoms with E-state index in [2.05, 4.69) is 25.3 Å². The fourth-order valence-electron chi connectivity index (χ4n) is 1.55. The van der Waals surface area contributed by atoms with E-state index in [4.69, 9.17) is 5.11 Å². The summed E-state index contributed by atoms with van der Waals surface area (Å²) in [6.07, 6.45) is 1.84. The van der Waals surface area contributed by atoms with E-state index in [0.29, 0.717) is 11.6 Å². The normalized spacial score (nSPS) is 10.2. The Bertz CT molecular complexity index is 368. The van der Waals surface area contributed by atoms with Crippen molar-refractivity contribution in [3.8, 4) is 0 Å². The van der Waals surface area contributed by atoms with E-state index in [1.165, 1.54) is 0 Å². The molecule has 0 bridgehead atoms. The molecule has 0 aliphatic carbocycles. The number of hydrogen-bond acceptors (Lipinski definition) is 2. The highest BCUT2D eigenvalue weighted by Gasteiger charge is 2.09. The van der Waals surface area contributed by atoms with E-state index in [1.54, 1.807) is 12.1 Å². The molecule has 0 fully saturated rings. The van der Waals surface area contributed by atoms with Gasteiger partial charge in [0.25, 0.3) is 0 Å². The Kier molecular flexibility index (Phi) is 4.11. The number of carboxylic acids is 1. The molecule has 0 atom stereocenters. The van der Waals surface area contributed by atoms with E-state index < -0.39 is 5.97 Å². The van der Waals surface area contributed by atoms with Crippen molar-refractivity contribution in [2.75, 3.05) is 11.4 Å². The lowest BCUT2D eigenvalue weighted by molar-refractivity contribution is 0.0697. The molecule has 0 saturated carbocycles. The van der Waals surface area contributed by atoms with Gasteiger partial charge in [0.05, 0.1) is 5.56 Å². The number of carbonyl (C=O) groups is 1. The van der Waals surface area contributed by atoms with Gasteiger partial charge in [0.2, 0.25) is 0 Å². The number of benzene rings is 1. The maximum Gasteiger partial charge on any atom is 0.335 e. The van der Waals surface area contributed by atoms with Gasteiger partial charge in [-0.2, -0.15) is 0 Å². The monoisotopic (exact) mass is 219 g/mol. The Hall–Kier alpha value is -1.77. The molecule has 3 nitrogen and oxygen atoms in total. The van der Waals surface area contributed by atoms with Crippen molar-refractivity contribution in [1.29, 1.82) is 0 Å². The lowest BCUT2D eigenvalue weighted by Gasteiger charge is -2.27. The fraction of sp³-hybridized carbons (Fsp3) is 0.308. The molecule has 1 rings (SSSR count). The standard InChI is InChI=1S/C13H17NO2/c1-4-9-14(10(2)3)12-7-5-11(6-8-12)13(15)16/h4-8,10H,1,9H2,2-3H3,(H,15,16). The molecular formula is C13H17NO2. The number of aromatic carboxylic acids is 1. The molecule has 1 N–H and O–H groups in total. The quantitative estimate of drug-likeness (QED) is 0.774. The lowest BCUT2D eigenvalue weighted by Crippen LogP contribution is -2.30. The van der Waals surface area contributed by atoms with Crippen LogP contribution in [0.1, 0.15) is 24.2 Å². The Morgan fingerprint density at radius 1 is 1.44 bits per heavy atom. The van der Waals surface area contributed by atoms with Gasteiger partial charge >= 0.3 is 5.97 Å². The maximum absolute atomic E-state index is 10.7. The summed E-state index contributed by atoms with van der Waals surface area (Å²) in [7, 11) is 0. The highest BCUT2D eigenvalue weighted by molar-refractivity contribution is 5.88. The van der Waals surface area contributed by atoms with Gasteiger partial charge in [-0.25, -0.2) is 4.79 Å². The molecule has 3 heteroatoms. The number of rotatable bonds is 5. The van der Waals surface area contributed by atoms with Crippen LogP contribution in [0, 0.1) is 0 Å². The van der Waals surface area contributed by atoms with E-state index in [-0.39, 0.29) is 0 Å². The average molecular weight is 219 g/mol. The summed E-state index contributed by atoms with van der Waals surface area (Å²) in [5.74, 6) is -0.897. The van der Waals surface area contributed by atoms with Gasteiger partial charge in [-0.05, 0) is 38.1 Å². The van der Waals surface area contributed by atoms with Crippen molar-refractivity contribution < 1.29 is 9.90 Å². The Morgan fingerprint density at radius 3 is 2.38 bits per heavy atom. The topological polar surface area (TPSA) is 40.5 Å². The van der Waals surface area contributed by atoms with Gasteiger partial charge in [0.1, 0.15) is 0 Å². The number of anilines is 1. The van der Waals surface area contributed by atoms with Crippen LogP contribution >= 0.6 is 0 Å². The van der Waals surface area contributed by atoms with Gasteiger partial charge in [0, 0.05) is 18.3 Å². The zero-order chi connectivity index (χ0) is 12.1. The van der Waals surface area contributed by atoms with Crippen molar-refractivity contribution in [2.24, 2.45) is 0 Å². The van der Waals surface area contributed by atoms with E-state index >= 15 is 0 Å². The Morgan fingerprint density at radius 2 is 2.00 bits per heavy atom. The molecule has 16 heavy (non-hydrogen) atoms. The van der Waals surface area contributed by atoms with Gasteiger partial charge in [-0.15, -0.1) is 6.58 Å². The van der Waals surface area contributed by atoms with Crippen LogP contribution in [0.3, 0.4) is 0 Å². The van der Waals surface area contributed by atoms with Crippen LogP contribution in [-0.2, 0) is 0 Å². The summed E-state index contributed by atoms with van der Waals surface area (Å²) in [6.45, 7) is 8.66. The third-order valence-electron chi connectivity index (χ3n) is 2.40. The van der Waals surface area contributed by atoms with Crippen molar-refractivity contribution in [1.82, 2.24) is 0 Å². The molecule has 0 unspecified atom stereocenters. The minimum Gasteiger partial charge on any atom is -0.478 e. The predicted molar refractivity (Wildman–Crippen MR) is 66.1 cm³/mol. The van der Waals surface area contributed by atoms with Crippen LogP contribution in [0.15, 0.2) is 36.9 Å². The minimum absolute atomic E-state index is 0.311. The van der Waals surface area contributed by atoms with E-state index in [9.17, 15) is 4.79 Å². The third kappa shape index (κ3) is 2.86. The summed E-state index contributed by atoms with van der Waals surface area (Å²) in [5.41, 5.74) is 1.32. The van der Waals surface area contributed by atoms with Crippen molar-refractivity contribution >= 4 is 11.7 Å². The summed E-state index contributed by atoms with van der Waals surface area (Å²) < 4.78 is 0. The van der Waals surface area contributed by atoms with Gasteiger partial charge in [0.15, 0.2) is 0 Å². The second-order valence-corrected chi connectivity index (χ2v) is 3.89. The third-order valence-corrected chi connectivity index (χ3v) is 2.40. The van der Waals surface area contributed by atoms with Crippen LogP contribution in [0.5, 0.6) is 0 Å². The van der Waals surface area contributed by atoms with Crippen LogP contribution in [0.25, 0.3) is 0 Å². The number of carboxylic acid groups (broad SMARTS) is 1. The lowest BCUT2D eigenvalue weighted by atomic mass is 10.1. The molecule has 0 spiro atoms. The van der Waals surface area contributed by atoms with Crippen LogP contribution < -0.4 is 4.90 Å². The zero-order valence-electron chi connectivity index (χ0n) is 9.68. The van der Waals surface area contributed by atoms with E-state index in [0.717, 1.165) is 12.2 Å². The molecule has 0 aliphatic heterocycles. The highest BCUT2D eigenvalue weighted by atomic mass is 16.4. The SMILES string of the molecule is C=CCN(c1ccc(C(=O)O)cc1)C(C)C. The first kappa shape index (κ1) is 12.3. The Balaban J connectivity index is 2.93. The van der Waals surface area contributed by atoms with Crippen molar-refractivity contribution in [3.63, 3.8) is 0 Å². The largest absolute Gasteiger partial charge is 0.478 e. The molecule has 0 radical (unpaired) electrons. The number of hydrogen-bond donors (Lipinski definition) is 1. The van der Waals surface area contributed by atoms with Gasteiger partial charge in [-0.3, -0.25) is 0 Å². The molecule has 86 valence electrons. The van der Waals surface area contributed by atoms with Crippen molar-refractivity contribution in [2.45, 2.75) is 19.9 Å². The van der Waals surface area contributed by atoms with Gasteiger partial charge < -0.3 is 10.0 Å². The zero-order valence-corrected chi connectivity index (χ0v) is 9.68. The first-order chi connectivity index (χ1) is 7.56. The first-order valence-corrected chi connectivity index (χ1v) is 5.27. The van der Waals surface area contributed by atoms with Crippen molar-refractivity contribution in [3.05, 3.63) is 42.5 Å². The maximum atomic E-state index is 10.7. The smallest absolute Gasteiger partial charge is 0.335 e. The summed E-state index contributed by atoms with van der Waals surface area (Å²) in [4.78, 5) is 12.9. The second kappa shape index (κ2) is 5.35. The fourth-order valence-corrected chi connectivity index (χ4v) is 1.55. The van der Waals surface area contributed by atoms with Crippen LogP contribution in [-0.4, -0.2) is 23.7 Å². The molecular weight excluding hydrogens is 202 g/mol. The average Bonchev–Trinajstić information content (AvgIpc) is 2.25. The highest BCUT2D eigenvalue weighted by Crippen LogP contribution is 2.17. The molecule has 0 aliphatic rings. The molecule has 0 heterocycles. The summed E-state index contributed by atoms with van der Waals surface area (Å²) >= 11 is 0. The summed E-state index contributed by atoms with van der Waals surface area (Å²) in [6, 6.07) is 7.25. The first-order valence-electron chi connectivity index (χ1n) is 5.27. The van der Waals surface area contributed by atoms with E-state index in [1.807, 2.05) is 18.2 Å². The van der Waals surface area contributed by atoms with Gasteiger partial charge in [-0.1, -0.05) is 6.08 Å². The molecule has 0 saturated heterocycles. The summed E-state index contributed by atoms with van der Waals surface area (Å²) in [5, 5.41) is 8.80. The molecule has 1 aromatic carbocycles. The Labute approximate surface area is 96.0 Å².